The van der Waals surface area contributed by atoms with Crippen LogP contribution in [-0.4, -0.2) is 78.9 Å². The number of nitrogens with zero attached hydrogens (tertiary/aromatic N) is 7. The van der Waals surface area contributed by atoms with E-state index in [2.05, 4.69) is 92.5 Å². The molecule has 8 nitrogen and oxygen atoms in total. The normalized spacial score (nSPS) is 21.7. The molecular formula is C44H45Br2Cl2N7O. The van der Waals surface area contributed by atoms with Gasteiger partial charge in [-0.05, 0) is 159 Å². The molecule has 5 aromatic rings. The first-order chi connectivity index (χ1) is 27.3. The number of aryl methyl sites for hydroxylation is 5. The number of rotatable bonds is 7. The molecule has 3 aromatic heterocycles. The first-order valence-corrected chi connectivity index (χ1v) is 22.2. The number of benzene rings is 2. The van der Waals surface area contributed by atoms with Crippen molar-refractivity contribution in [1.82, 2.24) is 34.2 Å². The van der Waals surface area contributed by atoms with Crippen LogP contribution in [0.15, 0.2) is 88.6 Å². The average Bonchev–Trinajstić information content (AvgIpc) is 3.61. The second kappa shape index (κ2) is 16.6. The Hall–Kier alpha value is -3.12. The molecule has 2 aromatic carbocycles. The lowest BCUT2D eigenvalue weighted by molar-refractivity contribution is -0.142. The average molecular weight is 919 g/mol. The number of carbonyl (C=O) groups excluding carboxylic acids is 1. The maximum absolute atomic E-state index is 15.3. The van der Waals surface area contributed by atoms with Crippen molar-refractivity contribution >= 4 is 61.0 Å². The Morgan fingerprint density at radius 1 is 0.750 bits per heavy atom. The van der Waals surface area contributed by atoms with Crippen molar-refractivity contribution in [3.8, 4) is 0 Å². The summed E-state index contributed by atoms with van der Waals surface area (Å²) in [5.41, 5.74) is 9.42. The zero-order valence-electron chi connectivity index (χ0n) is 31.3. The van der Waals surface area contributed by atoms with E-state index in [4.69, 9.17) is 33.2 Å². The molecule has 2 aliphatic carbocycles. The highest BCUT2D eigenvalue weighted by Gasteiger charge is 2.45. The van der Waals surface area contributed by atoms with E-state index < -0.39 is 6.04 Å². The highest BCUT2D eigenvalue weighted by atomic mass is 79.9. The van der Waals surface area contributed by atoms with E-state index in [1.807, 2.05) is 43.2 Å². The highest BCUT2D eigenvalue weighted by molar-refractivity contribution is 9.10. The van der Waals surface area contributed by atoms with Crippen molar-refractivity contribution in [2.24, 2.45) is 5.92 Å². The number of fused-ring (bicyclic) bond motifs is 4. The number of hydrogen-bond acceptors (Lipinski definition) is 6. The lowest BCUT2D eigenvalue weighted by atomic mass is 9.90. The maximum atomic E-state index is 15.3. The number of carbonyl (C=O) groups is 1. The van der Waals surface area contributed by atoms with Gasteiger partial charge in [-0.2, -0.15) is 0 Å². The molecule has 12 heteroatoms. The van der Waals surface area contributed by atoms with Crippen LogP contribution in [-0.2, 0) is 37.0 Å². The lowest BCUT2D eigenvalue weighted by Crippen LogP contribution is -2.61. The fraction of sp³-hybridized carbons (Fsp3) is 0.409. The SMILES string of the molecule is O=C(C1CN(C2c3ccc(Cl)cc3CCc3cc(Br)cnc32)CCN1C1c2ccc(Cl)cc2CCc2cc(Br)cnc21)N1CCC(CCCn2ccnc2)CC1. The number of amides is 1. The Balaban J connectivity index is 1.07. The van der Waals surface area contributed by atoms with Gasteiger partial charge in [0.25, 0.3) is 0 Å². The standard InChI is InChI=1S/C44H45Br2Cl2N7O/c45-33-20-31-5-3-29-22-35(47)7-9-37(29)42(40(31)50-24-33)54-18-19-55(43-38-10-8-36(48)23-30(38)4-6-32-21-34(46)25-51-41(32)43)39(26-54)44(56)53-15-11-28(12-16-53)2-1-14-52-17-13-49-27-52/h7-10,13,17,20-25,27-28,39,42-43H,1-6,11-12,14-16,18-19,26H2. The van der Waals surface area contributed by atoms with E-state index in [0.29, 0.717) is 19.0 Å². The number of aromatic nitrogens is 4. The number of likely N-dealkylation sites (tertiary alicyclic amines) is 1. The predicted octanol–water partition coefficient (Wildman–Crippen LogP) is 9.29. The zero-order valence-corrected chi connectivity index (χ0v) is 35.9. The van der Waals surface area contributed by atoms with E-state index in [1.54, 1.807) is 0 Å². The van der Waals surface area contributed by atoms with Gasteiger partial charge < -0.3 is 9.47 Å². The van der Waals surface area contributed by atoms with Crippen LogP contribution >= 0.6 is 55.1 Å². The van der Waals surface area contributed by atoms with Gasteiger partial charge in [0, 0.05) is 83.0 Å². The Kier molecular flexibility index (Phi) is 11.4. The quantitative estimate of drug-likeness (QED) is 0.162. The van der Waals surface area contributed by atoms with E-state index in [9.17, 15) is 0 Å². The van der Waals surface area contributed by atoms with Gasteiger partial charge in [-0.3, -0.25) is 24.6 Å². The minimum atomic E-state index is -0.399. The molecule has 9 rings (SSSR count). The van der Waals surface area contributed by atoms with E-state index in [0.717, 1.165) is 108 Å². The number of hydrogen-bond donors (Lipinski definition) is 0. The van der Waals surface area contributed by atoms with Crippen LogP contribution in [0.3, 0.4) is 0 Å². The van der Waals surface area contributed by atoms with Crippen molar-refractivity contribution < 1.29 is 4.79 Å². The summed E-state index contributed by atoms with van der Waals surface area (Å²) in [6.45, 7) is 4.56. The summed E-state index contributed by atoms with van der Waals surface area (Å²) in [6.07, 6.45) is 17.4. The summed E-state index contributed by atoms with van der Waals surface area (Å²) in [6, 6.07) is 16.3. The van der Waals surface area contributed by atoms with Crippen LogP contribution in [0.2, 0.25) is 10.0 Å². The molecule has 56 heavy (non-hydrogen) atoms. The maximum Gasteiger partial charge on any atom is 0.241 e. The molecule has 0 spiro atoms. The highest BCUT2D eigenvalue weighted by Crippen LogP contribution is 2.43. The molecule has 5 heterocycles. The monoisotopic (exact) mass is 915 g/mol. The fourth-order valence-electron chi connectivity index (χ4n) is 9.75. The summed E-state index contributed by atoms with van der Waals surface area (Å²) in [5.74, 6) is 0.824. The molecule has 2 fully saturated rings. The van der Waals surface area contributed by atoms with Crippen molar-refractivity contribution in [1.29, 1.82) is 0 Å². The molecule has 0 bridgehead atoms. The number of piperazine rings is 1. The van der Waals surface area contributed by atoms with Crippen LogP contribution in [0.25, 0.3) is 0 Å². The summed E-state index contributed by atoms with van der Waals surface area (Å²) >= 11 is 20.7. The predicted molar refractivity (Wildman–Crippen MR) is 228 cm³/mol. The van der Waals surface area contributed by atoms with Crippen LogP contribution in [0.4, 0.5) is 0 Å². The Labute approximate surface area is 355 Å². The number of halogens is 4. The van der Waals surface area contributed by atoms with Crippen LogP contribution in [0, 0.1) is 5.92 Å². The van der Waals surface area contributed by atoms with Gasteiger partial charge in [0.15, 0.2) is 0 Å². The van der Waals surface area contributed by atoms with Gasteiger partial charge in [-0.25, -0.2) is 4.98 Å². The summed E-state index contributed by atoms with van der Waals surface area (Å²) in [7, 11) is 0. The number of pyridine rings is 2. The summed E-state index contributed by atoms with van der Waals surface area (Å²) in [4.78, 5) is 36.9. The molecule has 4 aliphatic rings. The topological polar surface area (TPSA) is 70.4 Å². The third kappa shape index (κ3) is 7.86. The van der Waals surface area contributed by atoms with E-state index in [-0.39, 0.29) is 18.0 Å². The van der Waals surface area contributed by atoms with Crippen molar-refractivity contribution in [2.75, 3.05) is 32.7 Å². The Bertz CT molecular complexity index is 2120. The molecule has 3 unspecified atom stereocenters. The second-order valence-corrected chi connectivity index (χ2v) is 18.6. The molecule has 0 N–H and O–H groups in total. The van der Waals surface area contributed by atoms with Gasteiger partial charge in [0.05, 0.1) is 29.8 Å². The molecule has 3 atom stereocenters. The van der Waals surface area contributed by atoms with Crippen LogP contribution < -0.4 is 0 Å². The van der Waals surface area contributed by atoms with Crippen molar-refractivity contribution in [2.45, 2.75) is 76.0 Å². The molecule has 0 saturated carbocycles. The third-order valence-corrected chi connectivity index (χ3v) is 13.9. The number of imidazole rings is 1. The summed E-state index contributed by atoms with van der Waals surface area (Å²) < 4.78 is 4.10. The van der Waals surface area contributed by atoms with Crippen LogP contribution in [0.1, 0.15) is 82.5 Å². The Morgan fingerprint density at radius 3 is 1.98 bits per heavy atom. The smallest absolute Gasteiger partial charge is 0.241 e. The Morgan fingerprint density at radius 2 is 1.36 bits per heavy atom. The van der Waals surface area contributed by atoms with Crippen molar-refractivity contribution in [3.63, 3.8) is 0 Å². The van der Waals surface area contributed by atoms with Gasteiger partial charge in [-0.15, -0.1) is 0 Å². The molecule has 2 saturated heterocycles. The van der Waals surface area contributed by atoms with Crippen molar-refractivity contribution in [3.05, 3.63) is 143 Å². The third-order valence-electron chi connectivity index (χ3n) is 12.5. The zero-order chi connectivity index (χ0) is 38.3. The molecule has 2 aliphatic heterocycles. The molecule has 290 valence electrons. The summed E-state index contributed by atoms with van der Waals surface area (Å²) in [5, 5.41) is 1.48. The molecule has 1 amide bonds. The van der Waals surface area contributed by atoms with Gasteiger partial charge >= 0.3 is 0 Å². The second-order valence-electron chi connectivity index (χ2n) is 15.8. The lowest BCUT2D eigenvalue weighted by Gasteiger charge is -2.48. The molecule has 0 radical (unpaired) electrons. The first-order valence-electron chi connectivity index (χ1n) is 19.9. The van der Waals surface area contributed by atoms with Gasteiger partial charge in [0.1, 0.15) is 6.04 Å². The van der Waals surface area contributed by atoms with E-state index in [1.165, 1.54) is 33.4 Å². The van der Waals surface area contributed by atoms with Crippen LogP contribution in [0.5, 0.6) is 0 Å². The van der Waals surface area contributed by atoms with Gasteiger partial charge in [-0.1, -0.05) is 35.3 Å². The minimum Gasteiger partial charge on any atom is -0.341 e. The first kappa shape index (κ1) is 38.4. The van der Waals surface area contributed by atoms with Gasteiger partial charge in [0.2, 0.25) is 5.91 Å². The minimum absolute atomic E-state index is 0.104. The largest absolute Gasteiger partial charge is 0.341 e. The number of piperidine rings is 1. The molecular weight excluding hydrogens is 873 g/mol. The van der Waals surface area contributed by atoms with E-state index >= 15 is 4.79 Å². The fourth-order valence-corrected chi connectivity index (χ4v) is 10.9.